The Balaban J connectivity index is 2.19. The van der Waals surface area contributed by atoms with E-state index in [-0.39, 0.29) is 5.92 Å². The van der Waals surface area contributed by atoms with Crippen LogP contribution in [0.15, 0.2) is 85.2 Å². The molecule has 2 atom stereocenters. The summed E-state index contributed by atoms with van der Waals surface area (Å²) in [4.78, 5) is 4.10. The summed E-state index contributed by atoms with van der Waals surface area (Å²) >= 11 is 0. The second-order valence-corrected chi connectivity index (χ2v) is 5.74. The molecule has 0 saturated carbocycles. The molecule has 2 nitrogen and oxygen atoms in total. The third-order valence-electron chi connectivity index (χ3n) is 4.45. The number of nitrogens with zero attached hydrogens (tertiary/aromatic N) is 1. The summed E-state index contributed by atoms with van der Waals surface area (Å²) in [6.45, 7) is 2.12. The minimum atomic E-state index is -1.08. The predicted molar refractivity (Wildman–Crippen MR) is 93.2 cm³/mol. The summed E-state index contributed by atoms with van der Waals surface area (Å²) in [5.74, 6) is -0.0338. The minimum absolute atomic E-state index is 0.0338. The lowest BCUT2D eigenvalue weighted by Gasteiger charge is -2.37. The minimum Gasteiger partial charge on any atom is -0.380 e. The van der Waals surface area contributed by atoms with Crippen molar-refractivity contribution >= 4 is 0 Å². The van der Waals surface area contributed by atoms with Crippen molar-refractivity contribution < 1.29 is 5.11 Å². The van der Waals surface area contributed by atoms with Crippen LogP contribution in [0.4, 0.5) is 0 Å². The molecule has 0 aliphatic rings. The topological polar surface area (TPSA) is 33.1 Å². The summed E-state index contributed by atoms with van der Waals surface area (Å²) in [6.07, 6.45) is 4.31. The SMILES string of the molecule is CC[C@H](c1ccccc1)[C@](O)(c1ccccc1)c1ccncc1. The molecule has 3 aromatic rings. The van der Waals surface area contributed by atoms with Crippen molar-refractivity contribution in [1.29, 1.82) is 0 Å². The van der Waals surface area contributed by atoms with Crippen LogP contribution < -0.4 is 0 Å². The smallest absolute Gasteiger partial charge is 0.122 e. The summed E-state index contributed by atoms with van der Waals surface area (Å²) in [6, 6.07) is 23.9. The van der Waals surface area contributed by atoms with Gasteiger partial charge in [-0.2, -0.15) is 0 Å². The van der Waals surface area contributed by atoms with Crippen LogP contribution in [0.3, 0.4) is 0 Å². The van der Waals surface area contributed by atoms with Gasteiger partial charge in [-0.05, 0) is 35.2 Å². The van der Waals surface area contributed by atoms with E-state index in [1.165, 1.54) is 0 Å². The van der Waals surface area contributed by atoms with Gasteiger partial charge in [0.25, 0.3) is 0 Å². The van der Waals surface area contributed by atoms with Crippen LogP contribution in [0.1, 0.15) is 36.0 Å². The quantitative estimate of drug-likeness (QED) is 0.752. The Labute approximate surface area is 137 Å². The third-order valence-corrected chi connectivity index (χ3v) is 4.45. The van der Waals surface area contributed by atoms with E-state index in [2.05, 4.69) is 24.0 Å². The zero-order valence-corrected chi connectivity index (χ0v) is 13.3. The van der Waals surface area contributed by atoms with Crippen LogP contribution in [-0.4, -0.2) is 10.1 Å². The van der Waals surface area contributed by atoms with Gasteiger partial charge in [-0.3, -0.25) is 4.98 Å². The molecule has 0 aliphatic carbocycles. The van der Waals surface area contributed by atoms with Gasteiger partial charge in [-0.15, -0.1) is 0 Å². The van der Waals surface area contributed by atoms with Crippen molar-refractivity contribution in [1.82, 2.24) is 4.98 Å². The zero-order chi connectivity index (χ0) is 16.1. The summed E-state index contributed by atoms with van der Waals surface area (Å²) in [5, 5.41) is 11.8. The zero-order valence-electron chi connectivity index (χ0n) is 13.3. The molecule has 0 spiro atoms. The highest BCUT2D eigenvalue weighted by atomic mass is 16.3. The highest BCUT2D eigenvalue weighted by Gasteiger charge is 2.39. The van der Waals surface area contributed by atoms with Crippen molar-refractivity contribution in [2.24, 2.45) is 0 Å². The van der Waals surface area contributed by atoms with E-state index < -0.39 is 5.60 Å². The standard InChI is InChI=1S/C21H21NO/c1-2-20(17-9-5-3-6-10-17)21(23,18-11-7-4-8-12-18)19-13-15-22-16-14-19/h3-16,20,23H,2H2,1H3/t20-,21+/m1/s1. The fourth-order valence-corrected chi connectivity index (χ4v) is 3.32. The third kappa shape index (κ3) is 2.90. The maximum atomic E-state index is 11.8. The molecule has 1 aromatic heterocycles. The van der Waals surface area contributed by atoms with E-state index >= 15 is 0 Å². The van der Waals surface area contributed by atoms with Gasteiger partial charge in [0.2, 0.25) is 0 Å². The number of hydrogen-bond acceptors (Lipinski definition) is 2. The lowest BCUT2D eigenvalue weighted by molar-refractivity contribution is 0.0476. The highest BCUT2D eigenvalue weighted by molar-refractivity contribution is 5.41. The van der Waals surface area contributed by atoms with Gasteiger partial charge >= 0.3 is 0 Å². The van der Waals surface area contributed by atoms with Crippen LogP contribution in [-0.2, 0) is 5.60 Å². The Bertz CT molecular complexity index is 686. The number of aliphatic hydroxyl groups is 1. The average Bonchev–Trinajstić information content (AvgIpc) is 2.64. The lowest BCUT2D eigenvalue weighted by Crippen LogP contribution is -2.34. The molecule has 2 aromatic carbocycles. The van der Waals surface area contributed by atoms with E-state index in [0.29, 0.717) is 0 Å². The Morgan fingerprint density at radius 2 is 1.35 bits per heavy atom. The maximum Gasteiger partial charge on any atom is 0.122 e. The molecule has 116 valence electrons. The van der Waals surface area contributed by atoms with Crippen molar-refractivity contribution in [2.45, 2.75) is 24.9 Å². The molecule has 0 saturated heterocycles. The molecule has 3 rings (SSSR count). The molecule has 0 unspecified atom stereocenters. The van der Waals surface area contributed by atoms with E-state index in [1.807, 2.05) is 60.7 Å². The molecule has 0 bridgehead atoms. The van der Waals surface area contributed by atoms with Crippen molar-refractivity contribution in [3.8, 4) is 0 Å². The summed E-state index contributed by atoms with van der Waals surface area (Å²) in [7, 11) is 0. The largest absolute Gasteiger partial charge is 0.380 e. The number of rotatable bonds is 5. The highest BCUT2D eigenvalue weighted by Crippen LogP contribution is 2.44. The molecular formula is C21H21NO. The summed E-state index contributed by atoms with van der Waals surface area (Å²) in [5.41, 5.74) is 1.83. The second kappa shape index (κ2) is 6.76. The summed E-state index contributed by atoms with van der Waals surface area (Å²) < 4.78 is 0. The van der Waals surface area contributed by atoms with Gasteiger partial charge in [0.05, 0.1) is 0 Å². The van der Waals surface area contributed by atoms with Crippen molar-refractivity contribution in [3.05, 3.63) is 102 Å². The molecule has 0 aliphatic heterocycles. The normalized spacial score (nSPS) is 14.9. The monoisotopic (exact) mass is 303 g/mol. The van der Waals surface area contributed by atoms with Gasteiger partial charge in [-0.25, -0.2) is 0 Å². The van der Waals surface area contributed by atoms with Crippen LogP contribution in [0.5, 0.6) is 0 Å². The van der Waals surface area contributed by atoms with Crippen LogP contribution >= 0.6 is 0 Å². The Kier molecular flexibility index (Phi) is 4.54. The molecular weight excluding hydrogens is 282 g/mol. The first kappa shape index (κ1) is 15.4. The Hall–Kier alpha value is -2.45. The first-order valence-corrected chi connectivity index (χ1v) is 8.00. The van der Waals surface area contributed by atoms with E-state index in [9.17, 15) is 5.11 Å². The van der Waals surface area contributed by atoms with Gasteiger partial charge in [0.1, 0.15) is 5.60 Å². The molecule has 0 fully saturated rings. The fraction of sp³-hybridized carbons (Fsp3) is 0.190. The molecule has 0 amide bonds. The van der Waals surface area contributed by atoms with E-state index in [0.717, 1.165) is 23.1 Å². The maximum absolute atomic E-state index is 11.8. The van der Waals surface area contributed by atoms with Gasteiger partial charge in [-0.1, -0.05) is 67.6 Å². The molecule has 2 heteroatoms. The van der Waals surface area contributed by atoms with Crippen molar-refractivity contribution in [2.75, 3.05) is 0 Å². The van der Waals surface area contributed by atoms with E-state index in [4.69, 9.17) is 0 Å². The number of benzene rings is 2. The molecule has 1 heterocycles. The molecule has 1 N–H and O–H groups in total. The average molecular weight is 303 g/mol. The van der Waals surface area contributed by atoms with Crippen LogP contribution in [0, 0.1) is 0 Å². The lowest BCUT2D eigenvalue weighted by atomic mass is 9.72. The van der Waals surface area contributed by atoms with Crippen LogP contribution in [0.25, 0.3) is 0 Å². The van der Waals surface area contributed by atoms with Crippen LogP contribution in [0.2, 0.25) is 0 Å². The molecule has 0 radical (unpaired) electrons. The first-order chi connectivity index (χ1) is 11.3. The number of aromatic nitrogens is 1. The number of pyridine rings is 1. The fourth-order valence-electron chi connectivity index (χ4n) is 3.32. The molecule has 23 heavy (non-hydrogen) atoms. The van der Waals surface area contributed by atoms with Gasteiger partial charge in [0.15, 0.2) is 0 Å². The predicted octanol–water partition coefficient (Wildman–Crippen LogP) is 4.51. The Morgan fingerprint density at radius 3 is 1.91 bits per heavy atom. The Morgan fingerprint density at radius 1 is 0.826 bits per heavy atom. The number of hydrogen-bond donors (Lipinski definition) is 1. The van der Waals surface area contributed by atoms with E-state index in [1.54, 1.807) is 12.4 Å². The van der Waals surface area contributed by atoms with Gasteiger partial charge < -0.3 is 5.11 Å². The first-order valence-electron chi connectivity index (χ1n) is 8.00. The second-order valence-electron chi connectivity index (χ2n) is 5.74. The van der Waals surface area contributed by atoms with Gasteiger partial charge in [0, 0.05) is 18.3 Å². The van der Waals surface area contributed by atoms with Crippen molar-refractivity contribution in [3.63, 3.8) is 0 Å².